The summed E-state index contributed by atoms with van der Waals surface area (Å²) < 4.78 is 0.793. The first-order chi connectivity index (χ1) is 7.65. The lowest BCUT2D eigenvalue weighted by molar-refractivity contribution is -0.143. The van der Waals surface area contributed by atoms with Crippen LogP contribution in [0, 0.1) is 5.92 Å². The predicted molar refractivity (Wildman–Crippen MR) is 65.0 cm³/mol. The van der Waals surface area contributed by atoms with Gasteiger partial charge in [0.15, 0.2) is 0 Å². The van der Waals surface area contributed by atoms with Gasteiger partial charge in [-0.25, -0.2) is 0 Å². The Morgan fingerprint density at radius 3 is 3.06 bits per heavy atom. The number of hydrogen-bond acceptors (Lipinski definition) is 3. The Morgan fingerprint density at radius 2 is 2.44 bits per heavy atom. The standard InChI is InChI=1S/C11H14ClNO2S/c12-10-4-3-9(16-10)7-13-5-1-2-8(6-13)11(14)15/h3-4,8H,1-2,5-7H2,(H,14,15)/t8-/m1/s1. The van der Waals surface area contributed by atoms with Crippen LogP contribution in [-0.2, 0) is 11.3 Å². The number of aliphatic carboxylic acids is 1. The van der Waals surface area contributed by atoms with Crippen molar-refractivity contribution < 1.29 is 9.90 Å². The summed E-state index contributed by atoms with van der Waals surface area (Å²) in [6.07, 6.45) is 1.77. The Labute approximate surface area is 104 Å². The van der Waals surface area contributed by atoms with Crippen LogP contribution in [0.25, 0.3) is 0 Å². The molecule has 0 amide bonds. The second-order valence-corrected chi connectivity index (χ2v) is 5.92. The number of halogens is 1. The monoisotopic (exact) mass is 259 g/mol. The van der Waals surface area contributed by atoms with E-state index >= 15 is 0 Å². The van der Waals surface area contributed by atoms with Crippen LogP contribution < -0.4 is 0 Å². The van der Waals surface area contributed by atoms with E-state index in [1.807, 2.05) is 12.1 Å². The molecule has 3 nitrogen and oxygen atoms in total. The van der Waals surface area contributed by atoms with E-state index in [9.17, 15) is 4.79 Å². The number of carboxylic acids is 1. The first-order valence-corrected chi connectivity index (χ1v) is 6.54. The van der Waals surface area contributed by atoms with E-state index in [4.69, 9.17) is 16.7 Å². The Bertz CT molecular complexity index is 380. The zero-order valence-electron chi connectivity index (χ0n) is 8.86. The van der Waals surface area contributed by atoms with Crippen molar-refractivity contribution in [3.63, 3.8) is 0 Å². The van der Waals surface area contributed by atoms with Crippen molar-refractivity contribution in [1.82, 2.24) is 4.90 Å². The van der Waals surface area contributed by atoms with Crippen molar-refractivity contribution in [2.45, 2.75) is 19.4 Å². The van der Waals surface area contributed by atoms with Gasteiger partial charge in [-0.05, 0) is 31.5 Å². The van der Waals surface area contributed by atoms with E-state index in [0.717, 1.165) is 30.3 Å². The van der Waals surface area contributed by atoms with Crippen molar-refractivity contribution in [3.05, 3.63) is 21.3 Å². The number of carboxylic acid groups (broad SMARTS) is 1. The smallest absolute Gasteiger partial charge is 0.307 e. The molecule has 1 saturated heterocycles. The van der Waals surface area contributed by atoms with Crippen LogP contribution in [0.2, 0.25) is 4.34 Å². The van der Waals surface area contributed by atoms with Crippen LogP contribution in [0.1, 0.15) is 17.7 Å². The van der Waals surface area contributed by atoms with E-state index in [0.29, 0.717) is 6.54 Å². The summed E-state index contributed by atoms with van der Waals surface area (Å²) in [7, 11) is 0. The van der Waals surface area contributed by atoms with Crippen molar-refractivity contribution >= 4 is 28.9 Å². The molecular weight excluding hydrogens is 246 g/mol. The van der Waals surface area contributed by atoms with Crippen LogP contribution in [0.15, 0.2) is 12.1 Å². The summed E-state index contributed by atoms with van der Waals surface area (Å²) in [5.41, 5.74) is 0. The lowest BCUT2D eigenvalue weighted by Crippen LogP contribution is -2.37. The third kappa shape index (κ3) is 2.97. The largest absolute Gasteiger partial charge is 0.481 e. The molecule has 1 aliphatic heterocycles. The molecule has 0 spiro atoms. The maximum Gasteiger partial charge on any atom is 0.307 e. The van der Waals surface area contributed by atoms with Crippen LogP contribution >= 0.6 is 22.9 Å². The topological polar surface area (TPSA) is 40.5 Å². The zero-order chi connectivity index (χ0) is 11.5. The lowest BCUT2D eigenvalue weighted by atomic mass is 9.98. The summed E-state index contributed by atoms with van der Waals surface area (Å²) in [6.45, 7) is 2.46. The SMILES string of the molecule is O=C(O)[C@@H]1CCCN(Cc2ccc(Cl)s2)C1. The van der Waals surface area contributed by atoms with E-state index in [2.05, 4.69) is 4.90 Å². The van der Waals surface area contributed by atoms with Crippen LogP contribution in [0.5, 0.6) is 0 Å². The fraction of sp³-hybridized carbons (Fsp3) is 0.545. The highest BCUT2D eigenvalue weighted by atomic mass is 35.5. The maximum absolute atomic E-state index is 10.9. The highest BCUT2D eigenvalue weighted by molar-refractivity contribution is 7.16. The van der Waals surface area contributed by atoms with E-state index in [-0.39, 0.29) is 5.92 Å². The van der Waals surface area contributed by atoms with Crippen LogP contribution in [0.3, 0.4) is 0 Å². The molecule has 0 aliphatic carbocycles. The summed E-state index contributed by atoms with van der Waals surface area (Å²) in [4.78, 5) is 14.3. The zero-order valence-corrected chi connectivity index (χ0v) is 10.4. The quantitative estimate of drug-likeness (QED) is 0.907. The highest BCUT2D eigenvalue weighted by Crippen LogP contribution is 2.25. The first-order valence-electron chi connectivity index (χ1n) is 5.34. The molecule has 0 bridgehead atoms. The minimum Gasteiger partial charge on any atom is -0.481 e. The second-order valence-electron chi connectivity index (χ2n) is 4.12. The molecule has 0 saturated carbocycles. The van der Waals surface area contributed by atoms with Gasteiger partial charge in [-0.2, -0.15) is 0 Å². The molecule has 1 aliphatic rings. The molecule has 1 aromatic rings. The van der Waals surface area contributed by atoms with Gasteiger partial charge in [-0.15, -0.1) is 11.3 Å². The van der Waals surface area contributed by atoms with Crippen molar-refractivity contribution in [3.8, 4) is 0 Å². The number of likely N-dealkylation sites (tertiary alicyclic amines) is 1. The van der Waals surface area contributed by atoms with Gasteiger partial charge in [-0.1, -0.05) is 11.6 Å². The molecule has 5 heteroatoms. The number of carbonyl (C=O) groups is 1. The minimum absolute atomic E-state index is 0.204. The Morgan fingerprint density at radius 1 is 1.62 bits per heavy atom. The number of rotatable bonds is 3. The van der Waals surface area contributed by atoms with E-state index in [1.54, 1.807) is 11.3 Å². The van der Waals surface area contributed by atoms with Crippen molar-refractivity contribution in [2.75, 3.05) is 13.1 Å². The average molecular weight is 260 g/mol. The number of nitrogens with zero attached hydrogens (tertiary/aromatic N) is 1. The molecule has 2 heterocycles. The Balaban J connectivity index is 1.92. The second kappa shape index (κ2) is 5.17. The summed E-state index contributed by atoms with van der Waals surface area (Å²) in [5, 5.41) is 8.98. The summed E-state index contributed by atoms with van der Waals surface area (Å²) in [5.74, 6) is -0.877. The van der Waals surface area contributed by atoms with Gasteiger partial charge in [0, 0.05) is 18.0 Å². The van der Waals surface area contributed by atoms with E-state index in [1.165, 1.54) is 4.88 Å². The van der Waals surface area contributed by atoms with Gasteiger partial charge < -0.3 is 5.11 Å². The molecule has 0 radical (unpaired) electrons. The molecule has 0 aromatic carbocycles. The molecule has 88 valence electrons. The Hall–Kier alpha value is -0.580. The third-order valence-electron chi connectivity index (χ3n) is 2.86. The molecule has 1 atom stereocenters. The molecule has 1 aromatic heterocycles. The van der Waals surface area contributed by atoms with E-state index < -0.39 is 5.97 Å². The van der Waals surface area contributed by atoms with Crippen LogP contribution in [-0.4, -0.2) is 29.1 Å². The number of piperidine rings is 1. The molecule has 0 unspecified atom stereocenters. The molecule has 2 rings (SSSR count). The van der Waals surface area contributed by atoms with Gasteiger partial charge in [0.1, 0.15) is 0 Å². The van der Waals surface area contributed by atoms with Crippen molar-refractivity contribution in [2.24, 2.45) is 5.92 Å². The van der Waals surface area contributed by atoms with Crippen molar-refractivity contribution in [1.29, 1.82) is 0 Å². The number of thiophene rings is 1. The van der Waals surface area contributed by atoms with Crippen LogP contribution in [0.4, 0.5) is 0 Å². The lowest BCUT2D eigenvalue weighted by Gasteiger charge is -2.30. The van der Waals surface area contributed by atoms with Gasteiger partial charge in [0.25, 0.3) is 0 Å². The third-order valence-corrected chi connectivity index (χ3v) is 4.08. The fourth-order valence-electron chi connectivity index (χ4n) is 2.06. The predicted octanol–water partition coefficient (Wildman–Crippen LogP) is 2.70. The van der Waals surface area contributed by atoms with Gasteiger partial charge in [-0.3, -0.25) is 9.69 Å². The maximum atomic E-state index is 10.9. The minimum atomic E-state index is -0.672. The molecular formula is C11H14ClNO2S. The van der Waals surface area contributed by atoms with Gasteiger partial charge >= 0.3 is 5.97 Å². The molecule has 1 N–H and O–H groups in total. The van der Waals surface area contributed by atoms with Gasteiger partial charge in [0.2, 0.25) is 0 Å². The molecule has 16 heavy (non-hydrogen) atoms. The first kappa shape index (κ1) is 11.9. The number of hydrogen-bond donors (Lipinski definition) is 1. The van der Waals surface area contributed by atoms with Gasteiger partial charge in [0.05, 0.1) is 10.3 Å². The Kier molecular flexibility index (Phi) is 3.84. The highest BCUT2D eigenvalue weighted by Gasteiger charge is 2.25. The average Bonchev–Trinajstić information content (AvgIpc) is 2.64. The molecule has 1 fully saturated rings. The normalized spacial score (nSPS) is 22.2. The summed E-state index contributed by atoms with van der Waals surface area (Å²) in [6, 6.07) is 3.90. The fourth-order valence-corrected chi connectivity index (χ4v) is 3.19. The summed E-state index contributed by atoms with van der Waals surface area (Å²) >= 11 is 7.43.